The van der Waals surface area contributed by atoms with Gasteiger partial charge in [-0.1, -0.05) is 12.5 Å². The Kier molecular flexibility index (Phi) is 13.4. The van der Waals surface area contributed by atoms with Gasteiger partial charge in [0.15, 0.2) is 0 Å². The van der Waals surface area contributed by atoms with Gasteiger partial charge >= 0.3 is 6.09 Å². The molecule has 0 aromatic rings. The largest absolute Gasteiger partial charge is 0.442 e. The average Bonchev–Trinajstić information content (AvgIpc) is 2.55. The van der Waals surface area contributed by atoms with Crippen LogP contribution in [0.2, 0.25) is 0 Å². The number of hydrogen-bond acceptors (Lipinski definition) is 6. The topological polar surface area (TPSA) is 92.0 Å². The van der Waals surface area contributed by atoms with E-state index < -0.39 is 0 Å². The third-order valence-electron chi connectivity index (χ3n) is 3.49. The van der Waals surface area contributed by atoms with Gasteiger partial charge in [-0.25, -0.2) is 4.79 Å². The Labute approximate surface area is 144 Å². The lowest BCUT2D eigenvalue weighted by atomic mass is 10.0. The highest BCUT2D eigenvalue weighted by atomic mass is 16.6. The summed E-state index contributed by atoms with van der Waals surface area (Å²) in [4.78, 5) is 11.7. The van der Waals surface area contributed by atoms with Crippen LogP contribution in [0.3, 0.4) is 0 Å². The van der Waals surface area contributed by atoms with Crippen LogP contribution in [0.5, 0.6) is 0 Å². The van der Waals surface area contributed by atoms with E-state index in [4.69, 9.17) is 24.7 Å². The second-order valence-electron chi connectivity index (χ2n) is 5.56. The molecular formula is C17H32N2O5. The average molecular weight is 344 g/mol. The van der Waals surface area contributed by atoms with Crippen molar-refractivity contribution in [1.82, 2.24) is 5.32 Å². The van der Waals surface area contributed by atoms with Crippen LogP contribution in [0.4, 0.5) is 4.79 Å². The second-order valence-corrected chi connectivity index (χ2v) is 5.56. The van der Waals surface area contributed by atoms with E-state index >= 15 is 0 Å². The van der Waals surface area contributed by atoms with Gasteiger partial charge in [0, 0.05) is 13.1 Å². The van der Waals surface area contributed by atoms with Crippen molar-refractivity contribution in [3.8, 4) is 0 Å². The number of carbonyl (C=O) groups excluding carboxylic acids is 1. The number of allylic oxidation sites excluding steroid dienone is 1. The standard InChI is InChI=1S/C17H32N2O5/c18-8-10-21-12-14-23-15-13-22-11-9-19-17(20)24-16-6-4-2-1-3-5-7-16/h4,6,16H,1-3,5,7-15,18H2,(H,19,20)/b6-4-/t16-/m1/s1. The summed E-state index contributed by atoms with van der Waals surface area (Å²) in [5.74, 6) is 0. The number of nitrogens with two attached hydrogens (primary N) is 1. The molecule has 3 N–H and O–H groups in total. The first-order valence-electron chi connectivity index (χ1n) is 8.87. The first-order valence-corrected chi connectivity index (χ1v) is 8.87. The summed E-state index contributed by atoms with van der Waals surface area (Å²) >= 11 is 0. The molecule has 0 spiro atoms. The molecule has 1 aliphatic carbocycles. The number of carbonyl (C=O) groups is 1. The molecule has 0 unspecified atom stereocenters. The van der Waals surface area contributed by atoms with Crippen molar-refractivity contribution in [2.45, 2.75) is 38.2 Å². The predicted octanol–water partition coefficient (Wildman–Crippen LogP) is 1.61. The highest BCUT2D eigenvalue weighted by Gasteiger charge is 2.11. The molecule has 0 saturated carbocycles. The molecule has 0 aromatic heterocycles. The van der Waals surface area contributed by atoms with E-state index in [1.165, 1.54) is 12.8 Å². The third-order valence-corrected chi connectivity index (χ3v) is 3.49. The van der Waals surface area contributed by atoms with Crippen molar-refractivity contribution in [2.24, 2.45) is 5.73 Å². The summed E-state index contributed by atoms with van der Waals surface area (Å²) in [5.41, 5.74) is 5.30. The zero-order valence-electron chi connectivity index (χ0n) is 14.5. The summed E-state index contributed by atoms with van der Waals surface area (Å²) in [6, 6.07) is 0. The highest BCUT2D eigenvalue weighted by Crippen LogP contribution is 2.14. The fourth-order valence-electron chi connectivity index (χ4n) is 2.26. The van der Waals surface area contributed by atoms with Crippen LogP contribution in [0, 0.1) is 0 Å². The van der Waals surface area contributed by atoms with Gasteiger partial charge in [-0.3, -0.25) is 0 Å². The Morgan fingerprint density at radius 2 is 1.71 bits per heavy atom. The molecule has 0 bridgehead atoms. The van der Waals surface area contributed by atoms with E-state index in [0.717, 1.165) is 19.3 Å². The van der Waals surface area contributed by atoms with Crippen molar-refractivity contribution < 1.29 is 23.7 Å². The van der Waals surface area contributed by atoms with Crippen LogP contribution >= 0.6 is 0 Å². The minimum Gasteiger partial charge on any atom is -0.442 e. The van der Waals surface area contributed by atoms with Crippen LogP contribution in [0.25, 0.3) is 0 Å². The lowest BCUT2D eigenvalue weighted by molar-refractivity contribution is 0.0163. The van der Waals surface area contributed by atoms with Gasteiger partial charge in [0.2, 0.25) is 0 Å². The highest BCUT2D eigenvalue weighted by molar-refractivity contribution is 5.67. The molecule has 0 aromatic carbocycles. The molecular weight excluding hydrogens is 312 g/mol. The number of ether oxygens (including phenoxy) is 4. The van der Waals surface area contributed by atoms with Crippen molar-refractivity contribution in [3.63, 3.8) is 0 Å². The molecule has 140 valence electrons. The van der Waals surface area contributed by atoms with Crippen molar-refractivity contribution >= 4 is 6.09 Å². The Morgan fingerprint density at radius 1 is 1.00 bits per heavy atom. The van der Waals surface area contributed by atoms with Crippen LogP contribution in [-0.4, -0.2) is 64.9 Å². The van der Waals surface area contributed by atoms with E-state index in [-0.39, 0.29) is 12.2 Å². The normalized spacial score (nSPS) is 19.3. The van der Waals surface area contributed by atoms with E-state index in [1.807, 2.05) is 6.08 Å². The van der Waals surface area contributed by atoms with Gasteiger partial charge in [-0.2, -0.15) is 0 Å². The monoisotopic (exact) mass is 344 g/mol. The maximum atomic E-state index is 11.7. The third kappa shape index (κ3) is 12.3. The molecule has 1 amide bonds. The smallest absolute Gasteiger partial charge is 0.407 e. The Balaban J connectivity index is 1.89. The van der Waals surface area contributed by atoms with Crippen LogP contribution in [0.1, 0.15) is 32.1 Å². The summed E-state index contributed by atoms with van der Waals surface area (Å²) in [5, 5.41) is 2.70. The number of amides is 1. The lowest BCUT2D eigenvalue weighted by Crippen LogP contribution is -2.31. The lowest BCUT2D eigenvalue weighted by Gasteiger charge is -2.16. The molecule has 0 saturated heterocycles. The van der Waals surface area contributed by atoms with Crippen LogP contribution in [-0.2, 0) is 18.9 Å². The van der Waals surface area contributed by atoms with Crippen molar-refractivity contribution in [2.75, 3.05) is 52.7 Å². The fraction of sp³-hybridized carbons (Fsp3) is 0.824. The Hall–Kier alpha value is -1.15. The van der Waals surface area contributed by atoms with E-state index in [0.29, 0.717) is 52.7 Å². The zero-order chi connectivity index (χ0) is 17.3. The molecule has 0 fully saturated rings. The van der Waals surface area contributed by atoms with Crippen molar-refractivity contribution in [3.05, 3.63) is 12.2 Å². The molecule has 24 heavy (non-hydrogen) atoms. The first kappa shape index (κ1) is 20.9. The quantitative estimate of drug-likeness (QED) is 0.413. The molecule has 1 rings (SSSR count). The first-order chi connectivity index (χ1) is 11.8. The van der Waals surface area contributed by atoms with E-state index in [9.17, 15) is 4.79 Å². The number of hydrogen-bond donors (Lipinski definition) is 2. The second kappa shape index (κ2) is 15.4. The molecule has 7 nitrogen and oxygen atoms in total. The van der Waals surface area contributed by atoms with Gasteiger partial charge < -0.3 is 30.0 Å². The zero-order valence-corrected chi connectivity index (χ0v) is 14.5. The SMILES string of the molecule is NCCOCCOCCOCCNC(=O)O[C@@H]1/C=C\CCCCC1. The number of rotatable bonds is 12. The van der Waals surface area contributed by atoms with E-state index in [2.05, 4.69) is 11.4 Å². The van der Waals surface area contributed by atoms with Gasteiger partial charge in [-0.05, 0) is 31.8 Å². The molecule has 0 aliphatic heterocycles. The molecule has 0 heterocycles. The predicted molar refractivity (Wildman–Crippen MR) is 92.0 cm³/mol. The van der Waals surface area contributed by atoms with Gasteiger partial charge in [0.25, 0.3) is 0 Å². The Morgan fingerprint density at radius 3 is 2.46 bits per heavy atom. The van der Waals surface area contributed by atoms with Gasteiger partial charge in [0.1, 0.15) is 6.10 Å². The molecule has 0 radical (unpaired) electrons. The van der Waals surface area contributed by atoms with Gasteiger partial charge in [-0.15, -0.1) is 0 Å². The van der Waals surface area contributed by atoms with Crippen LogP contribution in [0.15, 0.2) is 12.2 Å². The minimum atomic E-state index is -0.387. The summed E-state index contributed by atoms with van der Waals surface area (Å²) in [7, 11) is 0. The molecule has 7 heteroatoms. The maximum Gasteiger partial charge on any atom is 0.407 e. The Bertz CT molecular complexity index is 339. The van der Waals surface area contributed by atoms with Crippen molar-refractivity contribution in [1.29, 1.82) is 0 Å². The molecule has 1 aliphatic rings. The van der Waals surface area contributed by atoms with E-state index in [1.54, 1.807) is 0 Å². The fourth-order valence-corrected chi connectivity index (χ4v) is 2.26. The summed E-state index contributed by atoms with van der Waals surface area (Å²) < 4.78 is 21.2. The maximum absolute atomic E-state index is 11.7. The van der Waals surface area contributed by atoms with Gasteiger partial charge in [0.05, 0.1) is 39.6 Å². The summed E-state index contributed by atoms with van der Waals surface area (Å²) in [6.45, 7) is 4.00. The number of alkyl carbamates (subject to hydrolysis) is 1. The number of nitrogens with one attached hydrogen (secondary N) is 1. The van der Waals surface area contributed by atoms with Crippen LogP contribution < -0.4 is 11.1 Å². The summed E-state index contributed by atoms with van der Waals surface area (Å²) in [6.07, 6.45) is 9.07. The molecule has 1 atom stereocenters. The minimum absolute atomic E-state index is 0.110.